The van der Waals surface area contributed by atoms with Gasteiger partial charge in [0.2, 0.25) is 0 Å². The quantitative estimate of drug-likeness (QED) is 0.575. The summed E-state index contributed by atoms with van der Waals surface area (Å²) in [4.78, 5) is 0. The molecule has 10 heavy (non-hydrogen) atoms. The molecule has 0 saturated carbocycles. The average molecular weight is 178 g/mol. The van der Waals surface area contributed by atoms with Crippen molar-refractivity contribution in [3.8, 4) is 0 Å². The van der Waals surface area contributed by atoms with Gasteiger partial charge in [-0.15, -0.1) is 0 Å². The SMILES string of the molecule is Cc1c(Cl)c(C)n(C)c1Cl. The van der Waals surface area contributed by atoms with Gasteiger partial charge >= 0.3 is 0 Å². The van der Waals surface area contributed by atoms with Crippen LogP contribution >= 0.6 is 23.2 Å². The lowest BCUT2D eigenvalue weighted by molar-refractivity contribution is 0.881. The van der Waals surface area contributed by atoms with E-state index >= 15 is 0 Å². The molecule has 0 N–H and O–H groups in total. The summed E-state index contributed by atoms with van der Waals surface area (Å²) in [6.07, 6.45) is 0. The van der Waals surface area contributed by atoms with Crippen molar-refractivity contribution in [3.05, 3.63) is 21.4 Å². The molecule has 0 bridgehead atoms. The van der Waals surface area contributed by atoms with Crippen LogP contribution in [0.15, 0.2) is 0 Å². The second-order valence-corrected chi connectivity index (χ2v) is 3.11. The van der Waals surface area contributed by atoms with E-state index in [9.17, 15) is 0 Å². The molecule has 0 spiro atoms. The van der Waals surface area contributed by atoms with E-state index in [0.29, 0.717) is 0 Å². The summed E-state index contributed by atoms with van der Waals surface area (Å²) in [6, 6.07) is 0. The molecule has 1 aromatic heterocycles. The van der Waals surface area contributed by atoms with E-state index in [1.54, 1.807) is 0 Å². The summed E-state index contributed by atoms with van der Waals surface area (Å²) in [5.74, 6) is 0. The zero-order valence-corrected chi connectivity index (χ0v) is 7.72. The molecule has 0 fully saturated rings. The van der Waals surface area contributed by atoms with Crippen LogP contribution in [0.5, 0.6) is 0 Å². The minimum absolute atomic E-state index is 0.725. The molecule has 0 aliphatic rings. The average Bonchev–Trinajstić information content (AvgIpc) is 2.07. The summed E-state index contributed by atoms with van der Waals surface area (Å²) in [5.41, 5.74) is 1.98. The van der Waals surface area contributed by atoms with E-state index in [-0.39, 0.29) is 0 Å². The molecule has 1 aromatic rings. The summed E-state index contributed by atoms with van der Waals surface area (Å²) < 4.78 is 1.87. The maximum atomic E-state index is 5.90. The third-order valence-electron chi connectivity index (χ3n) is 1.75. The zero-order chi connectivity index (χ0) is 7.89. The number of aromatic nitrogens is 1. The molecule has 0 radical (unpaired) electrons. The van der Waals surface area contributed by atoms with Gasteiger partial charge in [0.25, 0.3) is 0 Å². The van der Waals surface area contributed by atoms with Crippen molar-refractivity contribution >= 4 is 23.2 Å². The van der Waals surface area contributed by atoms with E-state index in [1.165, 1.54) is 0 Å². The molecule has 1 rings (SSSR count). The largest absolute Gasteiger partial charge is 0.337 e. The monoisotopic (exact) mass is 177 g/mol. The molecule has 0 saturated heterocycles. The first kappa shape index (κ1) is 7.96. The fraction of sp³-hybridized carbons (Fsp3) is 0.429. The van der Waals surface area contributed by atoms with Crippen LogP contribution in [0.4, 0.5) is 0 Å². The van der Waals surface area contributed by atoms with Gasteiger partial charge in [-0.2, -0.15) is 0 Å². The highest BCUT2D eigenvalue weighted by molar-refractivity contribution is 6.36. The van der Waals surface area contributed by atoms with Crippen LogP contribution in [0.25, 0.3) is 0 Å². The molecule has 1 nitrogen and oxygen atoms in total. The highest BCUT2D eigenvalue weighted by atomic mass is 35.5. The predicted octanol–water partition coefficient (Wildman–Crippen LogP) is 2.95. The van der Waals surface area contributed by atoms with Gasteiger partial charge < -0.3 is 4.57 Å². The smallest absolute Gasteiger partial charge is 0.113 e. The van der Waals surface area contributed by atoms with Gasteiger partial charge in [-0.3, -0.25) is 0 Å². The Labute approximate surface area is 70.6 Å². The second-order valence-electron chi connectivity index (χ2n) is 2.37. The summed E-state index contributed by atoms with van der Waals surface area (Å²) in [6.45, 7) is 3.86. The lowest BCUT2D eigenvalue weighted by Gasteiger charge is -1.95. The maximum absolute atomic E-state index is 5.90. The highest BCUT2D eigenvalue weighted by Gasteiger charge is 2.10. The van der Waals surface area contributed by atoms with Gasteiger partial charge in [0.15, 0.2) is 0 Å². The van der Waals surface area contributed by atoms with E-state index in [4.69, 9.17) is 23.2 Å². The standard InChI is InChI=1S/C7H9Cl2N/c1-4-6(8)5(2)10(3)7(4)9/h1-3H3. The molecular formula is C7H9Cl2N. The Hall–Kier alpha value is -0.140. The Bertz CT molecular complexity index is 183. The third-order valence-corrected chi connectivity index (χ3v) is 2.85. The van der Waals surface area contributed by atoms with Gasteiger partial charge in [0, 0.05) is 18.3 Å². The predicted molar refractivity (Wildman–Crippen MR) is 44.9 cm³/mol. The van der Waals surface area contributed by atoms with Crippen molar-refractivity contribution in [2.75, 3.05) is 0 Å². The van der Waals surface area contributed by atoms with Crippen LogP contribution in [-0.2, 0) is 7.05 Å². The lowest BCUT2D eigenvalue weighted by Crippen LogP contribution is -1.89. The summed E-state index contributed by atoms with van der Waals surface area (Å²) >= 11 is 11.8. The topological polar surface area (TPSA) is 4.93 Å². The molecule has 0 atom stereocenters. The minimum atomic E-state index is 0.725. The van der Waals surface area contributed by atoms with Crippen LogP contribution in [-0.4, -0.2) is 4.57 Å². The van der Waals surface area contributed by atoms with Gasteiger partial charge in [0.05, 0.1) is 5.02 Å². The Morgan fingerprint density at radius 3 is 1.80 bits per heavy atom. The van der Waals surface area contributed by atoms with Gasteiger partial charge in [0.1, 0.15) is 5.15 Å². The number of hydrogen-bond donors (Lipinski definition) is 0. The van der Waals surface area contributed by atoms with Crippen LogP contribution in [0.3, 0.4) is 0 Å². The Morgan fingerprint density at radius 1 is 1.20 bits per heavy atom. The molecule has 0 unspecified atom stereocenters. The van der Waals surface area contributed by atoms with Crippen molar-refractivity contribution in [2.24, 2.45) is 7.05 Å². The first-order chi connectivity index (χ1) is 4.55. The first-order valence-corrected chi connectivity index (χ1v) is 3.78. The van der Waals surface area contributed by atoms with Gasteiger partial charge in [-0.1, -0.05) is 23.2 Å². The van der Waals surface area contributed by atoms with Crippen LogP contribution < -0.4 is 0 Å². The number of nitrogens with zero attached hydrogens (tertiary/aromatic N) is 1. The van der Waals surface area contributed by atoms with Crippen molar-refractivity contribution in [1.29, 1.82) is 0 Å². The number of hydrogen-bond acceptors (Lipinski definition) is 0. The second kappa shape index (κ2) is 2.48. The molecule has 56 valence electrons. The van der Waals surface area contributed by atoms with Gasteiger partial charge in [-0.25, -0.2) is 0 Å². The molecule has 0 aliphatic carbocycles. The molecule has 0 amide bonds. The normalized spacial score (nSPS) is 10.5. The van der Waals surface area contributed by atoms with E-state index in [1.807, 2.05) is 25.5 Å². The van der Waals surface area contributed by atoms with Crippen LogP contribution in [0.2, 0.25) is 10.2 Å². The van der Waals surface area contributed by atoms with E-state index in [0.717, 1.165) is 21.4 Å². The van der Waals surface area contributed by atoms with Crippen LogP contribution in [0.1, 0.15) is 11.3 Å². The van der Waals surface area contributed by atoms with E-state index < -0.39 is 0 Å². The van der Waals surface area contributed by atoms with Crippen LogP contribution in [0, 0.1) is 13.8 Å². The fourth-order valence-electron chi connectivity index (χ4n) is 0.908. The molecule has 1 heterocycles. The Kier molecular flexibility index (Phi) is 1.97. The molecule has 0 aromatic carbocycles. The van der Waals surface area contributed by atoms with Crippen molar-refractivity contribution < 1.29 is 0 Å². The minimum Gasteiger partial charge on any atom is -0.337 e. The van der Waals surface area contributed by atoms with Gasteiger partial charge in [-0.05, 0) is 13.8 Å². The molecular weight excluding hydrogens is 169 g/mol. The lowest BCUT2D eigenvalue weighted by atomic mass is 10.3. The van der Waals surface area contributed by atoms with Crippen molar-refractivity contribution in [2.45, 2.75) is 13.8 Å². The third kappa shape index (κ3) is 0.938. The fourth-order valence-corrected chi connectivity index (χ4v) is 1.39. The maximum Gasteiger partial charge on any atom is 0.113 e. The Balaban J connectivity index is 3.44. The summed E-state index contributed by atoms with van der Waals surface area (Å²) in [7, 11) is 1.90. The van der Waals surface area contributed by atoms with Crippen molar-refractivity contribution in [1.82, 2.24) is 4.57 Å². The first-order valence-electron chi connectivity index (χ1n) is 3.02. The zero-order valence-electron chi connectivity index (χ0n) is 6.20. The number of rotatable bonds is 0. The molecule has 0 aliphatic heterocycles. The van der Waals surface area contributed by atoms with E-state index in [2.05, 4.69) is 0 Å². The Morgan fingerprint density at radius 2 is 1.70 bits per heavy atom. The highest BCUT2D eigenvalue weighted by Crippen LogP contribution is 2.28. The number of halogens is 2. The molecule has 3 heteroatoms. The van der Waals surface area contributed by atoms with Crippen molar-refractivity contribution in [3.63, 3.8) is 0 Å². The summed E-state index contributed by atoms with van der Waals surface area (Å²) in [5, 5.41) is 1.50.